The third-order valence-electron chi connectivity index (χ3n) is 1.93. The molecule has 74 valence electrons. The SMILES string of the molecule is CC(C)CCOC(C)(C)CCP. The van der Waals surface area contributed by atoms with Crippen molar-refractivity contribution in [1.29, 1.82) is 0 Å². The molecule has 0 bridgehead atoms. The molecule has 1 atom stereocenters. The molecule has 0 saturated carbocycles. The van der Waals surface area contributed by atoms with Crippen molar-refractivity contribution in [1.82, 2.24) is 0 Å². The minimum Gasteiger partial charge on any atom is -0.376 e. The lowest BCUT2D eigenvalue weighted by atomic mass is 10.1. The van der Waals surface area contributed by atoms with Gasteiger partial charge in [0, 0.05) is 6.61 Å². The highest BCUT2D eigenvalue weighted by Gasteiger charge is 2.16. The number of hydrogen-bond acceptors (Lipinski definition) is 1. The standard InChI is InChI=1S/C10H23OP/c1-9(2)5-7-11-10(3,4)6-8-12/h9H,5-8,12H2,1-4H3. The maximum atomic E-state index is 5.77. The van der Waals surface area contributed by atoms with Gasteiger partial charge < -0.3 is 4.74 Å². The highest BCUT2D eigenvalue weighted by atomic mass is 31.0. The zero-order valence-electron chi connectivity index (χ0n) is 8.89. The fraction of sp³-hybridized carbons (Fsp3) is 1.00. The molecule has 0 aliphatic rings. The molecule has 0 amide bonds. The van der Waals surface area contributed by atoms with Crippen molar-refractivity contribution < 1.29 is 4.74 Å². The van der Waals surface area contributed by atoms with Crippen LogP contribution in [-0.2, 0) is 4.74 Å². The van der Waals surface area contributed by atoms with Crippen LogP contribution in [0.4, 0.5) is 0 Å². The minimum absolute atomic E-state index is 0.0661. The Bertz CT molecular complexity index is 110. The second-order valence-electron chi connectivity index (χ2n) is 4.33. The zero-order valence-corrected chi connectivity index (χ0v) is 10.0. The van der Waals surface area contributed by atoms with E-state index < -0.39 is 0 Å². The van der Waals surface area contributed by atoms with E-state index in [1.807, 2.05) is 0 Å². The average Bonchev–Trinajstić information content (AvgIpc) is 1.85. The first-order valence-corrected chi connectivity index (χ1v) is 5.63. The van der Waals surface area contributed by atoms with E-state index in [9.17, 15) is 0 Å². The summed E-state index contributed by atoms with van der Waals surface area (Å²) in [7, 11) is 2.75. The second-order valence-corrected chi connectivity index (χ2v) is 4.91. The summed E-state index contributed by atoms with van der Waals surface area (Å²) < 4.78 is 5.77. The van der Waals surface area contributed by atoms with Gasteiger partial charge in [0.2, 0.25) is 0 Å². The summed E-state index contributed by atoms with van der Waals surface area (Å²) in [4.78, 5) is 0. The fourth-order valence-electron chi connectivity index (χ4n) is 0.991. The summed E-state index contributed by atoms with van der Waals surface area (Å²) in [5, 5.41) is 0. The maximum Gasteiger partial charge on any atom is 0.0629 e. The monoisotopic (exact) mass is 190 g/mol. The third-order valence-corrected chi connectivity index (χ3v) is 2.22. The Morgan fingerprint density at radius 2 is 1.92 bits per heavy atom. The summed E-state index contributed by atoms with van der Waals surface area (Å²) in [6.45, 7) is 9.68. The summed E-state index contributed by atoms with van der Waals surface area (Å²) in [6, 6.07) is 0. The van der Waals surface area contributed by atoms with Gasteiger partial charge in [-0.25, -0.2) is 0 Å². The smallest absolute Gasteiger partial charge is 0.0629 e. The molecule has 0 rings (SSSR count). The first-order chi connectivity index (χ1) is 5.48. The van der Waals surface area contributed by atoms with Gasteiger partial charge >= 0.3 is 0 Å². The number of rotatable bonds is 6. The molecule has 1 unspecified atom stereocenters. The van der Waals surface area contributed by atoms with Crippen LogP contribution in [0.25, 0.3) is 0 Å². The van der Waals surface area contributed by atoms with Crippen molar-refractivity contribution in [2.45, 2.75) is 46.1 Å². The van der Waals surface area contributed by atoms with Gasteiger partial charge in [0.15, 0.2) is 0 Å². The largest absolute Gasteiger partial charge is 0.376 e. The van der Waals surface area contributed by atoms with E-state index in [-0.39, 0.29) is 5.60 Å². The molecule has 0 heterocycles. The van der Waals surface area contributed by atoms with Gasteiger partial charge in [0.05, 0.1) is 5.60 Å². The Morgan fingerprint density at radius 3 is 2.33 bits per heavy atom. The molecule has 0 radical (unpaired) electrons. The van der Waals surface area contributed by atoms with Crippen LogP contribution < -0.4 is 0 Å². The molecule has 0 spiro atoms. The van der Waals surface area contributed by atoms with E-state index in [1.54, 1.807) is 0 Å². The molecule has 2 heteroatoms. The summed E-state index contributed by atoms with van der Waals surface area (Å²) >= 11 is 0. The Labute approximate surface area is 79.5 Å². The van der Waals surface area contributed by atoms with Crippen molar-refractivity contribution >= 4 is 9.24 Å². The van der Waals surface area contributed by atoms with Crippen LogP contribution >= 0.6 is 9.24 Å². The number of ether oxygens (including phenoxy) is 1. The quantitative estimate of drug-likeness (QED) is 0.585. The van der Waals surface area contributed by atoms with E-state index >= 15 is 0 Å². The van der Waals surface area contributed by atoms with Crippen LogP contribution in [0, 0.1) is 5.92 Å². The van der Waals surface area contributed by atoms with Crippen LogP contribution in [0.5, 0.6) is 0 Å². The lowest BCUT2D eigenvalue weighted by Crippen LogP contribution is -2.25. The molecule has 0 saturated heterocycles. The molecule has 0 aromatic rings. The highest BCUT2D eigenvalue weighted by Crippen LogP contribution is 2.16. The minimum atomic E-state index is 0.0661. The van der Waals surface area contributed by atoms with E-state index in [0.29, 0.717) is 0 Å². The van der Waals surface area contributed by atoms with Crippen LogP contribution in [-0.4, -0.2) is 18.4 Å². The van der Waals surface area contributed by atoms with Crippen molar-refractivity contribution in [3.63, 3.8) is 0 Å². The van der Waals surface area contributed by atoms with E-state index in [1.165, 1.54) is 6.42 Å². The third kappa shape index (κ3) is 7.06. The van der Waals surface area contributed by atoms with Crippen molar-refractivity contribution in [2.24, 2.45) is 5.92 Å². The van der Waals surface area contributed by atoms with Gasteiger partial charge in [-0.3, -0.25) is 0 Å². The van der Waals surface area contributed by atoms with Crippen LogP contribution in [0.2, 0.25) is 0 Å². The van der Waals surface area contributed by atoms with Crippen molar-refractivity contribution in [3.05, 3.63) is 0 Å². The molecule has 0 aliphatic heterocycles. The van der Waals surface area contributed by atoms with Gasteiger partial charge in [-0.1, -0.05) is 13.8 Å². The topological polar surface area (TPSA) is 9.23 Å². The molecule has 0 fully saturated rings. The Hall–Kier alpha value is 0.390. The molecule has 0 N–H and O–H groups in total. The maximum absolute atomic E-state index is 5.77. The Balaban J connectivity index is 3.46. The zero-order chi connectivity index (χ0) is 9.61. The lowest BCUT2D eigenvalue weighted by molar-refractivity contribution is -0.0235. The summed E-state index contributed by atoms with van der Waals surface area (Å²) in [5.41, 5.74) is 0.0661. The molecule has 0 aliphatic carbocycles. The first-order valence-electron chi connectivity index (χ1n) is 4.82. The first kappa shape index (κ1) is 12.4. The summed E-state index contributed by atoms with van der Waals surface area (Å²) in [5.74, 6) is 0.747. The summed E-state index contributed by atoms with van der Waals surface area (Å²) in [6.07, 6.45) is 3.41. The Kier molecular flexibility index (Phi) is 6.13. The van der Waals surface area contributed by atoms with Crippen LogP contribution in [0.1, 0.15) is 40.5 Å². The molecule has 12 heavy (non-hydrogen) atoms. The van der Waals surface area contributed by atoms with Gasteiger partial charge in [-0.15, -0.1) is 9.24 Å². The average molecular weight is 190 g/mol. The van der Waals surface area contributed by atoms with E-state index in [4.69, 9.17) is 4.74 Å². The molecule has 0 aromatic heterocycles. The lowest BCUT2D eigenvalue weighted by Gasteiger charge is -2.25. The highest BCUT2D eigenvalue weighted by molar-refractivity contribution is 7.16. The molecular formula is C10H23OP. The second kappa shape index (κ2) is 5.94. The Morgan fingerprint density at radius 1 is 1.33 bits per heavy atom. The number of hydrogen-bond donors (Lipinski definition) is 0. The molecule has 0 aromatic carbocycles. The fourth-order valence-corrected chi connectivity index (χ4v) is 1.69. The van der Waals surface area contributed by atoms with Gasteiger partial charge in [-0.05, 0) is 38.8 Å². The van der Waals surface area contributed by atoms with Crippen molar-refractivity contribution in [2.75, 3.05) is 12.8 Å². The predicted molar refractivity (Wildman–Crippen MR) is 58.7 cm³/mol. The molecular weight excluding hydrogens is 167 g/mol. The van der Waals surface area contributed by atoms with Gasteiger partial charge in [0.25, 0.3) is 0 Å². The van der Waals surface area contributed by atoms with Crippen molar-refractivity contribution in [3.8, 4) is 0 Å². The van der Waals surface area contributed by atoms with Crippen LogP contribution in [0.15, 0.2) is 0 Å². The van der Waals surface area contributed by atoms with Gasteiger partial charge in [-0.2, -0.15) is 0 Å². The van der Waals surface area contributed by atoms with Gasteiger partial charge in [0.1, 0.15) is 0 Å². The van der Waals surface area contributed by atoms with Crippen LogP contribution in [0.3, 0.4) is 0 Å². The van der Waals surface area contributed by atoms with E-state index in [0.717, 1.165) is 25.1 Å². The molecule has 1 nitrogen and oxygen atoms in total. The predicted octanol–water partition coefficient (Wildman–Crippen LogP) is 3.09. The normalized spacial score (nSPS) is 12.5. The van der Waals surface area contributed by atoms with E-state index in [2.05, 4.69) is 36.9 Å².